The lowest BCUT2D eigenvalue weighted by Gasteiger charge is -2.20. The molecule has 3 heterocycles. The first-order chi connectivity index (χ1) is 13.9. The quantitative estimate of drug-likeness (QED) is 0.627. The fourth-order valence-corrected chi connectivity index (χ4v) is 3.49. The van der Waals surface area contributed by atoms with E-state index in [0.717, 1.165) is 12.8 Å². The summed E-state index contributed by atoms with van der Waals surface area (Å²) in [4.78, 5) is 31.5. The van der Waals surface area contributed by atoms with Crippen LogP contribution < -0.4 is 0 Å². The van der Waals surface area contributed by atoms with Crippen molar-refractivity contribution in [3.8, 4) is 11.3 Å². The van der Waals surface area contributed by atoms with Gasteiger partial charge in [0.1, 0.15) is 5.82 Å². The van der Waals surface area contributed by atoms with Crippen LogP contribution >= 0.6 is 0 Å². The number of likely N-dealkylation sites (tertiary alicyclic amines) is 1. The number of rotatable bonds is 4. The number of benzene rings is 1. The predicted molar refractivity (Wildman–Crippen MR) is 103 cm³/mol. The van der Waals surface area contributed by atoms with Gasteiger partial charge in [-0.2, -0.15) is 0 Å². The topological polar surface area (TPSA) is 85.5 Å². The molecule has 4 rings (SSSR count). The van der Waals surface area contributed by atoms with Crippen molar-refractivity contribution in [3.05, 3.63) is 47.4 Å². The van der Waals surface area contributed by atoms with E-state index in [2.05, 4.69) is 10.1 Å². The number of nitrogens with zero attached hydrogens (tertiary/aromatic N) is 3. The van der Waals surface area contributed by atoms with Crippen LogP contribution in [0.2, 0.25) is 0 Å². The molecule has 3 aromatic rings. The maximum atomic E-state index is 13.3. The normalized spacial score (nSPS) is 14.9. The molecule has 1 aliphatic heterocycles. The molecule has 0 radical (unpaired) electrons. The molecule has 1 unspecified atom stereocenters. The summed E-state index contributed by atoms with van der Waals surface area (Å²) in [6, 6.07) is 7.28. The van der Waals surface area contributed by atoms with Crippen molar-refractivity contribution in [1.82, 2.24) is 15.0 Å². The lowest BCUT2D eigenvalue weighted by Crippen LogP contribution is -2.38. The Balaban J connectivity index is 1.67. The van der Waals surface area contributed by atoms with E-state index < -0.39 is 12.1 Å². The van der Waals surface area contributed by atoms with Crippen LogP contribution in [0.25, 0.3) is 22.4 Å². The van der Waals surface area contributed by atoms with Crippen molar-refractivity contribution < 1.29 is 23.2 Å². The largest absolute Gasteiger partial charge is 0.449 e. The minimum absolute atomic E-state index is 0.176. The second kappa shape index (κ2) is 7.62. The van der Waals surface area contributed by atoms with E-state index in [1.165, 1.54) is 12.1 Å². The van der Waals surface area contributed by atoms with Gasteiger partial charge < -0.3 is 14.2 Å². The Kier molecular flexibility index (Phi) is 5.00. The highest BCUT2D eigenvalue weighted by atomic mass is 19.1. The third-order valence-corrected chi connectivity index (χ3v) is 5.03. The summed E-state index contributed by atoms with van der Waals surface area (Å²) in [7, 11) is 0. The zero-order valence-electron chi connectivity index (χ0n) is 16.1. The monoisotopic (exact) mass is 397 g/mol. The summed E-state index contributed by atoms with van der Waals surface area (Å²) in [6.07, 6.45) is 1.01. The van der Waals surface area contributed by atoms with Crippen LogP contribution in [0.5, 0.6) is 0 Å². The number of carbonyl (C=O) groups excluding carboxylic acids is 2. The molecule has 1 aromatic carbocycles. The fraction of sp³-hybridized carbons (Fsp3) is 0.333. The number of hydrogen-bond acceptors (Lipinski definition) is 6. The molecule has 0 spiro atoms. The molecule has 0 aliphatic carbocycles. The Labute approximate surface area is 166 Å². The van der Waals surface area contributed by atoms with Gasteiger partial charge in [-0.3, -0.25) is 4.79 Å². The van der Waals surface area contributed by atoms with Crippen LogP contribution in [0.15, 0.2) is 34.9 Å². The van der Waals surface area contributed by atoms with Gasteiger partial charge in [0.25, 0.3) is 11.6 Å². The number of ether oxygens (including phenoxy) is 1. The molecule has 1 saturated heterocycles. The van der Waals surface area contributed by atoms with Gasteiger partial charge in [-0.1, -0.05) is 5.16 Å². The molecule has 150 valence electrons. The van der Waals surface area contributed by atoms with Crippen LogP contribution in [0.1, 0.15) is 35.8 Å². The summed E-state index contributed by atoms with van der Waals surface area (Å²) in [5, 5.41) is 4.32. The van der Waals surface area contributed by atoms with Crippen LogP contribution in [0, 0.1) is 12.7 Å². The van der Waals surface area contributed by atoms with Gasteiger partial charge in [0.05, 0.1) is 22.3 Å². The van der Waals surface area contributed by atoms with Gasteiger partial charge in [-0.15, -0.1) is 0 Å². The summed E-state index contributed by atoms with van der Waals surface area (Å²) in [6.45, 7) is 4.62. The van der Waals surface area contributed by atoms with Crippen molar-refractivity contribution >= 4 is 23.0 Å². The first-order valence-corrected chi connectivity index (χ1v) is 9.47. The van der Waals surface area contributed by atoms with Crippen molar-refractivity contribution in [3.63, 3.8) is 0 Å². The third kappa shape index (κ3) is 3.70. The number of fused-ring (bicyclic) bond motifs is 1. The number of amides is 1. The number of aromatic nitrogens is 2. The van der Waals surface area contributed by atoms with E-state index in [0.29, 0.717) is 35.4 Å². The van der Waals surface area contributed by atoms with Crippen molar-refractivity contribution in [2.24, 2.45) is 0 Å². The number of esters is 1. The lowest BCUT2D eigenvalue weighted by atomic mass is 10.1. The summed E-state index contributed by atoms with van der Waals surface area (Å²) < 4.78 is 24.0. The van der Waals surface area contributed by atoms with E-state index in [4.69, 9.17) is 9.26 Å². The lowest BCUT2D eigenvalue weighted by molar-refractivity contribution is -0.138. The zero-order chi connectivity index (χ0) is 20.5. The molecule has 0 N–H and O–H groups in total. The second-order valence-electron chi connectivity index (χ2n) is 7.09. The van der Waals surface area contributed by atoms with Gasteiger partial charge in [-0.25, -0.2) is 14.2 Å². The number of carbonyl (C=O) groups is 2. The molecule has 1 amide bonds. The Hall–Kier alpha value is -3.29. The van der Waals surface area contributed by atoms with Crippen LogP contribution in [-0.4, -0.2) is 46.1 Å². The predicted octanol–water partition coefficient (Wildman–Crippen LogP) is 3.51. The van der Waals surface area contributed by atoms with E-state index >= 15 is 0 Å². The van der Waals surface area contributed by atoms with Crippen LogP contribution in [0.3, 0.4) is 0 Å². The highest BCUT2D eigenvalue weighted by molar-refractivity contribution is 6.05. The molecule has 8 heteroatoms. The van der Waals surface area contributed by atoms with Gasteiger partial charge in [0, 0.05) is 18.7 Å². The molecule has 1 aliphatic rings. The summed E-state index contributed by atoms with van der Waals surface area (Å²) >= 11 is 0. The Bertz CT molecular complexity index is 1070. The Morgan fingerprint density at radius 1 is 1.21 bits per heavy atom. The number of hydrogen-bond donors (Lipinski definition) is 0. The first kappa shape index (κ1) is 19.0. The highest BCUT2D eigenvalue weighted by Gasteiger charge is 2.28. The highest BCUT2D eigenvalue weighted by Crippen LogP contribution is 2.28. The van der Waals surface area contributed by atoms with Crippen LogP contribution in [0.4, 0.5) is 4.39 Å². The Morgan fingerprint density at radius 2 is 1.90 bits per heavy atom. The molecule has 2 aromatic heterocycles. The van der Waals surface area contributed by atoms with Gasteiger partial charge >= 0.3 is 5.97 Å². The fourth-order valence-electron chi connectivity index (χ4n) is 3.49. The Morgan fingerprint density at radius 3 is 2.59 bits per heavy atom. The van der Waals surface area contributed by atoms with E-state index in [1.54, 1.807) is 36.9 Å². The standard InChI is InChI=1S/C21H20FN3O4/c1-12-18-16(21(27)28-13(2)20(26)25-9-3-4-10-25)11-17(23-19(18)29-24-12)14-5-7-15(22)8-6-14/h5-8,11,13H,3-4,9-10H2,1-2H3. The van der Waals surface area contributed by atoms with Crippen molar-refractivity contribution in [1.29, 1.82) is 0 Å². The average Bonchev–Trinajstić information content (AvgIpc) is 3.37. The number of aryl methyl sites for hydroxylation is 1. The average molecular weight is 397 g/mol. The second-order valence-corrected chi connectivity index (χ2v) is 7.09. The smallest absolute Gasteiger partial charge is 0.339 e. The molecule has 1 fully saturated rings. The van der Waals surface area contributed by atoms with E-state index in [9.17, 15) is 14.0 Å². The minimum atomic E-state index is -0.904. The molecule has 0 bridgehead atoms. The molecule has 29 heavy (non-hydrogen) atoms. The molecular weight excluding hydrogens is 377 g/mol. The first-order valence-electron chi connectivity index (χ1n) is 9.47. The van der Waals surface area contributed by atoms with Crippen molar-refractivity contribution in [2.75, 3.05) is 13.1 Å². The van der Waals surface area contributed by atoms with E-state index in [1.807, 2.05) is 0 Å². The van der Waals surface area contributed by atoms with E-state index in [-0.39, 0.29) is 23.0 Å². The minimum Gasteiger partial charge on any atom is -0.449 e. The molecule has 0 saturated carbocycles. The van der Waals surface area contributed by atoms with Gasteiger partial charge in [0.2, 0.25) is 0 Å². The molecule has 1 atom stereocenters. The maximum absolute atomic E-state index is 13.3. The van der Waals surface area contributed by atoms with Gasteiger partial charge in [0.15, 0.2) is 6.10 Å². The number of halogens is 1. The zero-order valence-corrected chi connectivity index (χ0v) is 16.1. The van der Waals surface area contributed by atoms with Crippen molar-refractivity contribution in [2.45, 2.75) is 32.8 Å². The number of pyridine rings is 1. The molecular formula is C21H20FN3O4. The van der Waals surface area contributed by atoms with Crippen LogP contribution in [-0.2, 0) is 9.53 Å². The third-order valence-electron chi connectivity index (χ3n) is 5.03. The summed E-state index contributed by atoms with van der Waals surface area (Å²) in [5.74, 6) is -1.24. The van der Waals surface area contributed by atoms with Gasteiger partial charge in [-0.05, 0) is 57.0 Å². The maximum Gasteiger partial charge on any atom is 0.339 e. The summed E-state index contributed by atoms with van der Waals surface area (Å²) in [5.41, 5.74) is 1.89. The SMILES string of the molecule is Cc1noc2nc(-c3ccc(F)cc3)cc(C(=O)OC(C)C(=O)N3CCCC3)c12. The molecule has 7 nitrogen and oxygen atoms in total.